The Morgan fingerprint density at radius 3 is 2.21 bits per heavy atom. The number of carbonyl (C=O) groups excluding carboxylic acids is 1. The van der Waals surface area contributed by atoms with Gasteiger partial charge in [-0.1, -0.05) is 24.3 Å². The Hall–Kier alpha value is -3.70. The molecule has 7 nitrogen and oxygen atoms in total. The lowest BCUT2D eigenvalue weighted by Crippen LogP contribution is -2.16. The van der Waals surface area contributed by atoms with E-state index in [1.54, 1.807) is 0 Å². The number of nitrogens with two attached hydrogens (primary N) is 1. The number of rotatable bonds is 5. The molecule has 0 aliphatic rings. The fraction of sp³-hybridized carbons (Fsp3) is 0.0909. The quantitative estimate of drug-likeness (QED) is 0.505. The molecule has 172 valence electrons. The van der Waals surface area contributed by atoms with Gasteiger partial charge < -0.3 is 10.4 Å². The van der Waals surface area contributed by atoms with Crippen LogP contribution in [0.15, 0.2) is 65.6 Å². The molecule has 3 rings (SSSR count). The summed E-state index contributed by atoms with van der Waals surface area (Å²) in [5.41, 5.74) is -1.58. The number of primary sulfonamides is 1. The summed E-state index contributed by atoms with van der Waals surface area (Å²) >= 11 is 0. The van der Waals surface area contributed by atoms with Crippen LogP contribution in [0.25, 0.3) is 11.1 Å². The minimum Gasteiger partial charge on any atom is -0.478 e. The molecule has 0 spiro atoms. The molecular formula is C22H17F3N2O5S. The van der Waals surface area contributed by atoms with Gasteiger partial charge in [-0.15, -0.1) is 0 Å². The fourth-order valence-electron chi connectivity index (χ4n) is 3.31. The first-order valence-electron chi connectivity index (χ1n) is 9.28. The van der Waals surface area contributed by atoms with Gasteiger partial charge in [-0.3, -0.25) is 4.79 Å². The molecule has 0 saturated carbocycles. The number of carboxylic acid groups (broad SMARTS) is 1. The highest BCUT2D eigenvalue weighted by molar-refractivity contribution is 7.89. The molecule has 11 heteroatoms. The van der Waals surface area contributed by atoms with E-state index in [0.29, 0.717) is 0 Å². The molecule has 0 saturated heterocycles. The number of sulfonamides is 1. The maximum absolute atomic E-state index is 13.4. The Balaban J connectivity index is 1.98. The van der Waals surface area contributed by atoms with E-state index >= 15 is 0 Å². The van der Waals surface area contributed by atoms with Crippen molar-refractivity contribution < 1.29 is 36.3 Å². The number of nitrogens with one attached hydrogen (secondary N) is 1. The molecule has 0 unspecified atom stereocenters. The summed E-state index contributed by atoms with van der Waals surface area (Å²) < 4.78 is 63.2. The Morgan fingerprint density at radius 1 is 0.970 bits per heavy atom. The number of alkyl halides is 3. The molecule has 0 radical (unpaired) electrons. The van der Waals surface area contributed by atoms with E-state index in [-0.39, 0.29) is 32.8 Å². The molecule has 0 aliphatic heterocycles. The highest BCUT2D eigenvalue weighted by Crippen LogP contribution is 2.38. The number of amides is 1. The molecule has 3 aromatic rings. The van der Waals surface area contributed by atoms with E-state index in [0.717, 1.165) is 12.1 Å². The standard InChI is InChI=1S/C22H17F3N2O5S/c1-12-10-13(6-9-19(12)33(26,31)32)20(28)27-14-7-8-15(17(11-14)21(29)30)16-4-2-3-5-18(16)22(23,24)25/h2-11H,1H3,(H,27,28)(H,29,30)(H2,26,31,32). The molecule has 33 heavy (non-hydrogen) atoms. The zero-order chi connectivity index (χ0) is 24.6. The molecule has 0 bridgehead atoms. The second-order valence-corrected chi connectivity index (χ2v) is 8.62. The summed E-state index contributed by atoms with van der Waals surface area (Å²) in [6, 6.07) is 11.8. The van der Waals surface area contributed by atoms with E-state index in [4.69, 9.17) is 5.14 Å². The van der Waals surface area contributed by atoms with E-state index in [2.05, 4.69) is 5.32 Å². The SMILES string of the molecule is Cc1cc(C(=O)Nc2ccc(-c3ccccc3C(F)(F)F)c(C(=O)O)c2)ccc1S(N)(=O)=O. The van der Waals surface area contributed by atoms with Crippen LogP contribution in [-0.4, -0.2) is 25.4 Å². The smallest absolute Gasteiger partial charge is 0.417 e. The molecule has 0 aliphatic carbocycles. The summed E-state index contributed by atoms with van der Waals surface area (Å²) in [7, 11) is -3.97. The van der Waals surface area contributed by atoms with Crippen molar-refractivity contribution in [2.45, 2.75) is 18.0 Å². The molecule has 1 amide bonds. The first kappa shape index (κ1) is 24.0. The Bertz CT molecular complexity index is 1370. The van der Waals surface area contributed by atoms with E-state index in [1.807, 2.05) is 0 Å². The average Bonchev–Trinajstić information content (AvgIpc) is 2.72. The van der Waals surface area contributed by atoms with E-state index < -0.39 is 39.2 Å². The largest absolute Gasteiger partial charge is 0.478 e. The molecule has 0 heterocycles. The number of halogens is 3. The maximum Gasteiger partial charge on any atom is 0.417 e. The maximum atomic E-state index is 13.4. The van der Waals surface area contributed by atoms with Crippen LogP contribution in [0, 0.1) is 6.92 Å². The van der Waals surface area contributed by atoms with Crippen molar-refractivity contribution in [2.24, 2.45) is 5.14 Å². The first-order valence-corrected chi connectivity index (χ1v) is 10.8. The normalized spacial score (nSPS) is 11.8. The van der Waals surface area contributed by atoms with Crippen molar-refractivity contribution >= 4 is 27.6 Å². The number of aryl methyl sites for hydroxylation is 1. The summed E-state index contributed by atoms with van der Waals surface area (Å²) in [6.45, 7) is 1.45. The summed E-state index contributed by atoms with van der Waals surface area (Å²) in [4.78, 5) is 24.2. The second kappa shape index (κ2) is 8.68. The number of anilines is 1. The van der Waals surface area contributed by atoms with Crippen LogP contribution in [0.2, 0.25) is 0 Å². The van der Waals surface area contributed by atoms with Gasteiger partial charge in [0.2, 0.25) is 10.0 Å². The lowest BCUT2D eigenvalue weighted by molar-refractivity contribution is -0.137. The van der Waals surface area contributed by atoms with Crippen LogP contribution in [0.3, 0.4) is 0 Å². The Morgan fingerprint density at radius 2 is 1.64 bits per heavy atom. The van der Waals surface area contributed by atoms with E-state index in [9.17, 15) is 36.3 Å². The van der Waals surface area contributed by atoms with Crippen molar-refractivity contribution in [3.63, 3.8) is 0 Å². The lowest BCUT2D eigenvalue weighted by Gasteiger charge is -2.15. The summed E-state index contributed by atoms with van der Waals surface area (Å²) in [5, 5.41) is 17.1. The van der Waals surface area contributed by atoms with Crippen molar-refractivity contribution in [1.82, 2.24) is 0 Å². The average molecular weight is 478 g/mol. The zero-order valence-electron chi connectivity index (χ0n) is 17.0. The van der Waals surface area contributed by atoms with Gasteiger partial charge in [-0.05, 0) is 60.0 Å². The molecule has 4 N–H and O–H groups in total. The minimum absolute atomic E-state index is 0.0267. The van der Waals surface area contributed by atoms with Crippen LogP contribution < -0.4 is 10.5 Å². The third-order valence-electron chi connectivity index (χ3n) is 4.77. The molecule has 0 atom stereocenters. The predicted molar refractivity (Wildman–Crippen MR) is 114 cm³/mol. The van der Waals surface area contributed by atoms with Crippen LogP contribution in [0.4, 0.5) is 18.9 Å². The Kier molecular flexibility index (Phi) is 6.30. The molecule has 0 aromatic heterocycles. The highest BCUT2D eigenvalue weighted by Gasteiger charge is 2.34. The Labute approximate surface area is 186 Å². The predicted octanol–water partition coefficient (Wildman–Crippen LogP) is 4.28. The summed E-state index contributed by atoms with van der Waals surface area (Å²) in [6.07, 6.45) is -4.69. The van der Waals surface area contributed by atoms with E-state index in [1.165, 1.54) is 55.5 Å². The van der Waals surface area contributed by atoms with Crippen molar-refractivity contribution in [2.75, 3.05) is 5.32 Å². The summed E-state index contributed by atoms with van der Waals surface area (Å²) in [5.74, 6) is -2.16. The van der Waals surface area contributed by atoms with Gasteiger partial charge in [0.05, 0.1) is 16.0 Å². The van der Waals surface area contributed by atoms with Crippen LogP contribution in [0.5, 0.6) is 0 Å². The lowest BCUT2D eigenvalue weighted by atomic mass is 9.94. The molecule has 0 fully saturated rings. The van der Waals surface area contributed by atoms with Crippen molar-refractivity contribution in [3.05, 3.63) is 82.9 Å². The third-order valence-corrected chi connectivity index (χ3v) is 5.85. The van der Waals surface area contributed by atoms with Gasteiger partial charge in [-0.2, -0.15) is 13.2 Å². The molecular weight excluding hydrogens is 461 g/mol. The fourth-order valence-corrected chi connectivity index (χ4v) is 4.08. The van der Waals surface area contributed by atoms with Crippen molar-refractivity contribution in [1.29, 1.82) is 0 Å². The van der Waals surface area contributed by atoms with Gasteiger partial charge in [0, 0.05) is 11.3 Å². The highest BCUT2D eigenvalue weighted by atomic mass is 32.2. The van der Waals surface area contributed by atoms with Gasteiger partial charge in [0.1, 0.15) is 0 Å². The van der Waals surface area contributed by atoms with Gasteiger partial charge in [-0.25, -0.2) is 18.4 Å². The number of hydrogen-bond donors (Lipinski definition) is 3. The van der Waals surface area contributed by atoms with Gasteiger partial charge >= 0.3 is 12.1 Å². The topological polar surface area (TPSA) is 127 Å². The zero-order valence-corrected chi connectivity index (χ0v) is 17.8. The minimum atomic E-state index is -4.69. The number of hydrogen-bond acceptors (Lipinski definition) is 4. The number of carboxylic acids is 1. The third kappa shape index (κ3) is 5.21. The molecule has 3 aromatic carbocycles. The second-order valence-electron chi connectivity index (χ2n) is 7.09. The van der Waals surface area contributed by atoms with Crippen LogP contribution in [-0.2, 0) is 16.2 Å². The van der Waals surface area contributed by atoms with Crippen LogP contribution >= 0.6 is 0 Å². The number of carbonyl (C=O) groups is 2. The number of benzene rings is 3. The van der Waals surface area contributed by atoms with Gasteiger partial charge in [0.15, 0.2) is 0 Å². The van der Waals surface area contributed by atoms with Crippen LogP contribution in [0.1, 0.15) is 31.8 Å². The monoisotopic (exact) mass is 478 g/mol. The number of aromatic carboxylic acids is 1. The van der Waals surface area contributed by atoms with Crippen molar-refractivity contribution in [3.8, 4) is 11.1 Å². The van der Waals surface area contributed by atoms with Gasteiger partial charge in [0.25, 0.3) is 5.91 Å². The first-order chi connectivity index (χ1) is 15.3.